The molecule has 1 amide bonds. The lowest BCUT2D eigenvalue weighted by molar-refractivity contribution is -0.140. The van der Waals surface area contributed by atoms with Gasteiger partial charge in [0.2, 0.25) is 0 Å². The van der Waals surface area contributed by atoms with Crippen LogP contribution in [0.1, 0.15) is 31.9 Å². The van der Waals surface area contributed by atoms with Crippen LogP contribution >= 0.6 is 15.9 Å². The predicted molar refractivity (Wildman–Crippen MR) is 135 cm³/mol. The molecule has 0 spiro atoms. The first-order valence-electron chi connectivity index (χ1n) is 11.7. The molecule has 2 heterocycles. The van der Waals surface area contributed by atoms with Gasteiger partial charge in [0.05, 0.1) is 16.2 Å². The van der Waals surface area contributed by atoms with Crippen molar-refractivity contribution in [1.82, 2.24) is 30.5 Å². The number of nitrogens with one attached hydrogen (secondary N) is 2. The summed E-state index contributed by atoms with van der Waals surface area (Å²) in [6.07, 6.45) is -0.683. The number of alkyl carbamates (subject to hydrolysis) is 1. The molecule has 0 saturated heterocycles. The third-order valence-electron chi connectivity index (χ3n) is 6.91. The van der Waals surface area contributed by atoms with E-state index in [0.29, 0.717) is 12.2 Å². The van der Waals surface area contributed by atoms with Crippen molar-refractivity contribution >= 4 is 38.9 Å². The van der Waals surface area contributed by atoms with Gasteiger partial charge in [-0.05, 0) is 62.0 Å². The second-order valence-electron chi connectivity index (χ2n) is 9.62. The lowest BCUT2D eigenvalue weighted by atomic mass is 9.91. The molecule has 2 aliphatic rings. The molecule has 10 nitrogen and oxygen atoms in total. The molecule has 11 heteroatoms. The molecular weight excluding hydrogens is 528 g/mol. The summed E-state index contributed by atoms with van der Waals surface area (Å²) in [6, 6.07) is 9.06. The van der Waals surface area contributed by atoms with Gasteiger partial charge in [-0.2, -0.15) is 0 Å². The Morgan fingerprint density at radius 3 is 2.75 bits per heavy atom. The maximum atomic E-state index is 12.4. The Hall–Kier alpha value is -3.73. The van der Waals surface area contributed by atoms with Gasteiger partial charge in [0.1, 0.15) is 12.1 Å². The molecule has 4 aromatic rings. The minimum Gasteiger partial charge on any atom is -0.480 e. The van der Waals surface area contributed by atoms with E-state index in [4.69, 9.17) is 4.74 Å². The summed E-state index contributed by atoms with van der Waals surface area (Å²) in [5.74, 6) is -0.793. The number of ether oxygens (including phenoxy) is 1. The van der Waals surface area contributed by atoms with Gasteiger partial charge in [-0.15, -0.1) is 5.10 Å². The van der Waals surface area contributed by atoms with Crippen molar-refractivity contribution in [2.75, 3.05) is 0 Å². The van der Waals surface area contributed by atoms with Crippen molar-refractivity contribution in [3.63, 3.8) is 0 Å². The highest BCUT2D eigenvalue weighted by atomic mass is 79.9. The molecule has 0 radical (unpaired) electrons. The fourth-order valence-corrected chi connectivity index (χ4v) is 5.76. The van der Waals surface area contributed by atoms with Gasteiger partial charge in [0, 0.05) is 28.5 Å². The number of benzene rings is 2. The van der Waals surface area contributed by atoms with Crippen LogP contribution in [0.3, 0.4) is 0 Å². The van der Waals surface area contributed by atoms with E-state index < -0.39 is 24.2 Å². The summed E-state index contributed by atoms with van der Waals surface area (Å²) in [5, 5.41) is 25.5. The number of nitrogens with zero attached hydrogens (tertiary/aromatic N) is 4. The normalized spacial score (nSPS) is 18.4. The summed E-state index contributed by atoms with van der Waals surface area (Å²) in [6.45, 7) is 5.53. The molecule has 2 unspecified atom stereocenters. The van der Waals surface area contributed by atoms with E-state index in [1.54, 1.807) is 18.5 Å². The highest BCUT2D eigenvalue weighted by Gasteiger charge is 2.46. The first-order chi connectivity index (χ1) is 17.3. The van der Waals surface area contributed by atoms with E-state index in [9.17, 15) is 14.7 Å². The summed E-state index contributed by atoms with van der Waals surface area (Å²) >= 11 is 3.81. The average Bonchev–Trinajstić information content (AvgIpc) is 3.28. The monoisotopic (exact) mass is 550 g/mol. The number of H-pyrrole nitrogens is 1. The number of aryl methyl sites for hydroxylation is 1. The number of carboxylic acids is 1. The largest absolute Gasteiger partial charge is 0.480 e. The van der Waals surface area contributed by atoms with Crippen molar-refractivity contribution in [1.29, 1.82) is 0 Å². The van der Waals surface area contributed by atoms with Crippen molar-refractivity contribution in [3.05, 3.63) is 40.4 Å². The summed E-state index contributed by atoms with van der Waals surface area (Å²) < 4.78 is 8.21. The van der Waals surface area contributed by atoms with E-state index in [1.807, 2.05) is 12.1 Å². The van der Waals surface area contributed by atoms with Gasteiger partial charge in [0.15, 0.2) is 5.82 Å². The van der Waals surface area contributed by atoms with Gasteiger partial charge < -0.3 is 20.1 Å². The highest BCUT2D eigenvalue weighted by molar-refractivity contribution is 9.10. The molecule has 2 aromatic heterocycles. The van der Waals surface area contributed by atoms with Crippen LogP contribution in [0.4, 0.5) is 4.79 Å². The van der Waals surface area contributed by atoms with Crippen molar-refractivity contribution < 1.29 is 19.4 Å². The topological polar surface area (TPSA) is 135 Å². The van der Waals surface area contributed by atoms with Crippen LogP contribution in [0, 0.1) is 12.8 Å². The number of fused-ring (bicyclic) bond motifs is 5. The lowest BCUT2D eigenvalue weighted by Crippen LogP contribution is -2.44. The Bertz CT molecular complexity index is 1560. The number of aromatic amines is 1. The molecule has 36 heavy (non-hydrogen) atoms. The van der Waals surface area contributed by atoms with E-state index in [1.165, 1.54) is 0 Å². The Morgan fingerprint density at radius 2 is 2.00 bits per heavy atom. The summed E-state index contributed by atoms with van der Waals surface area (Å²) in [5.41, 5.74) is 7.16. The van der Waals surface area contributed by atoms with Crippen molar-refractivity contribution in [2.24, 2.45) is 5.92 Å². The molecular formula is C25H23BrN6O4. The molecule has 2 aliphatic carbocycles. The van der Waals surface area contributed by atoms with Crippen LogP contribution in [0.5, 0.6) is 0 Å². The molecule has 6 rings (SSSR count). The van der Waals surface area contributed by atoms with Crippen LogP contribution in [-0.4, -0.2) is 54.5 Å². The number of carboxylic acid groups (broad SMARTS) is 1. The second kappa shape index (κ2) is 8.16. The van der Waals surface area contributed by atoms with Crippen molar-refractivity contribution in [2.45, 2.75) is 45.4 Å². The number of aliphatic carboxylic acids is 1. The van der Waals surface area contributed by atoms with Crippen LogP contribution < -0.4 is 5.32 Å². The first-order valence-corrected chi connectivity index (χ1v) is 12.5. The fourth-order valence-electron chi connectivity index (χ4n) is 5.03. The standard InChI is InChI=1S/C25H23BrN6O4/c1-10(2)21(24(33)34)28-25(35)36-16-9-15(16)32-23(29-30-31-32)18-12-5-4-6-13(18)22-20(26)19-14(27-22)8-7-11(3)17(12)19/h4-8,10,15-16,21,27H,9H2,1-3H3,(H,28,35)(H,33,34)/t15?,16?,21-/m0/s1. The van der Waals surface area contributed by atoms with Gasteiger partial charge >= 0.3 is 12.1 Å². The smallest absolute Gasteiger partial charge is 0.408 e. The summed E-state index contributed by atoms with van der Waals surface area (Å²) in [7, 11) is 0. The maximum Gasteiger partial charge on any atom is 0.408 e. The zero-order chi connectivity index (χ0) is 25.3. The van der Waals surface area contributed by atoms with Gasteiger partial charge in [-0.3, -0.25) is 0 Å². The number of rotatable bonds is 6. The molecule has 0 aliphatic heterocycles. The third kappa shape index (κ3) is 3.41. The van der Waals surface area contributed by atoms with Crippen LogP contribution in [0.15, 0.2) is 34.8 Å². The molecule has 184 valence electrons. The number of carbonyl (C=O) groups is 2. The average molecular weight is 551 g/mol. The summed E-state index contributed by atoms with van der Waals surface area (Å²) in [4.78, 5) is 27.3. The molecule has 2 aromatic carbocycles. The number of hydrogen-bond acceptors (Lipinski definition) is 6. The van der Waals surface area contributed by atoms with E-state index in [-0.39, 0.29) is 12.0 Å². The van der Waals surface area contributed by atoms with Crippen LogP contribution in [0.2, 0.25) is 0 Å². The van der Waals surface area contributed by atoms with Gasteiger partial charge in [-0.25, -0.2) is 14.3 Å². The molecule has 3 N–H and O–H groups in total. The Balaban J connectivity index is 1.34. The minimum atomic E-state index is -1.10. The second-order valence-corrected chi connectivity index (χ2v) is 10.4. The number of hydrogen-bond donors (Lipinski definition) is 3. The maximum absolute atomic E-state index is 12.4. The number of aromatic nitrogens is 5. The SMILES string of the molecule is Cc1ccc2[nH]c3c(Br)c2c1-c1cccc-3c1-c1nnnn1C1CC1OC(=O)N[C@H](C(=O)O)C(C)C. The van der Waals surface area contributed by atoms with E-state index >= 15 is 0 Å². The van der Waals surface area contributed by atoms with Gasteiger partial charge in [-0.1, -0.05) is 38.1 Å². The molecule has 1 fully saturated rings. The minimum absolute atomic E-state index is 0.247. The van der Waals surface area contributed by atoms with Crippen LogP contribution in [0.25, 0.3) is 44.7 Å². The van der Waals surface area contributed by atoms with E-state index in [0.717, 1.165) is 48.9 Å². The fraction of sp³-hybridized carbons (Fsp3) is 0.320. The zero-order valence-electron chi connectivity index (χ0n) is 19.7. The molecule has 4 bridgehead atoms. The first kappa shape index (κ1) is 22.7. The Kier molecular flexibility index (Phi) is 5.15. The quantitative estimate of drug-likeness (QED) is 0.279. The Morgan fingerprint density at radius 1 is 1.22 bits per heavy atom. The van der Waals surface area contributed by atoms with Crippen LogP contribution in [-0.2, 0) is 9.53 Å². The lowest BCUT2D eigenvalue weighted by Gasteiger charge is -2.18. The number of halogens is 1. The highest BCUT2D eigenvalue weighted by Crippen LogP contribution is 2.52. The zero-order valence-corrected chi connectivity index (χ0v) is 21.3. The van der Waals surface area contributed by atoms with Crippen molar-refractivity contribution in [3.8, 4) is 33.8 Å². The molecule has 1 saturated carbocycles. The van der Waals surface area contributed by atoms with E-state index in [2.05, 4.69) is 66.9 Å². The number of amides is 1. The predicted octanol–water partition coefficient (Wildman–Crippen LogP) is 4.69. The number of carbonyl (C=O) groups excluding carboxylic acids is 1. The third-order valence-corrected chi connectivity index (χ3v) is 7.70. The Labute approximate surface area is 214 Å². The van der Waals surface area contributed by atoms with Gasteiger partial charge in [0.25, 0.3) is 0 Å². The number of tetrazole rings is 1. The molecule has 3 atom stereocenters.